The van der Waals surface area contributed by atoms with Crippen LogP contribution in [0.5, 0.6) is 0 Å². The van der Waals surface area contributed by atoms with Crippen molar-refractivity contribution in [1.82, 2.24) is 4.98 Å². The second kappa shape index (κ2) is 6.68. The molecule has 0 bridgehead atoms. The Labute approximate surface area is 119 Å². The smallest absolute Gasteiger partial charge is 0.234 e. The number of benzene rings is 1. The minimum Gasteiger partial charge on any atom is -0.325 e. The molecular formula is C14H10FN3OS. The summed E-state index contributed by atoms with van der Waals surface area (Å²) < 4.78 is 12.7. The van der Waals surface area contributed by atoms with E-state index in [0.29, 0.717) is 16.3 Å². The fraction of sp³-hybridized carbons (Fsp3) is 0.0714. The number of nitrogens with zero attached hydrogens (tertiary/aromatic N) is 2. The summed E-state index contributed by atoms with van der Waals surface area (Å²) in [6, 6.07) is 10.8. The van der Waals surface area contributed by atoms with E-state index in [2.05, 4.69) is 10.3 Å². The SMILES string of the molecule is N#Cc1cccnc1SCC(=O)Nc1ccc(F)cc1. The molecular weight excluding hydrogens is 277 g/mol. The van der Waals surface area contributed by atoms with Crippen LogP contribution in [0.15, 0.2) is 47.6 Å². The predicted octanol–water partition coefficient (Wildman–Crippen LogP) is 2.82. The van der Waals surface area contributed by atoms with Crippen molar-refractivity contribution in [1.29, 1.82) is 5.26 Å². The molecule has 0 saturated heterocycles. The van der Waals surface area contributed by atoms with Gasteiger partial charge in [-0.1, -0.05) is 11.8 Å². The molecule has 0 aliphatic carbocycles. The van der Waals surface area contributed by atoms with Gasteiger partial charge < -0.3 is 5.32 Å². The number of carbonyl (C=O) groups excluding carboxylic acids is 1. The van der Waals surface area contributed by atoms with E-state index in [0.717, 1.165) is 0 Å². The summed E-state index contributed by atoms with van der Waals surface area (Å²) in [6.07, 6.45) is 1.57. The number of halogens is 1. The molecule has 1 heterocycles. The lowest BCUT2D eigenvalue weighted by Crippen LogP contribution is -2.14. The molecule has 20 heavy (non-hydrogen) atoms. The standard InChI is InChI=1S/C14H10FN3OS/c15-11-3-5-12(6-4-11)18-13(19)9-20-14-10(8-16)2-1-7-17-14/h1-7H,9H2,(H,18,19). The molecule has 2 aromatic rings. The number of thioether (sulfide) groups is 1. The van der Waals surface area contributed by atoms with Crippen LogP contribution >= 0.6 is 11.8 Å². The zero-order valence-corrected chi connectivity index (χ0v) is 11.2. The van der Waals surface area contributed by atoms with Crippen LogP contribution in [0.1, 0.15) is 5.56 Å². The van der Waals surface area contributed by atoms with E-state index in [-0.39, 0.29) is 17.5 Å². The Balaban J connectivity index is 1.92. The third-order valence-electron chi connectivity index (χ3n) is 2.36. The average molecular weight is 287 g/mol. The zero-order valence-electron chi connectivity index (χ0n) is 10.3. The van der Waals surface area contributed by atoms with Gasteiger partial charge in [0, 0.05) is 11.9 Å². The van der Waals surface area contributed by atoms with Crippen molar-refractivity contribution in [3.05, 3.63) is 54.0 Å². The maximum atomic E-state index is 12.7. The van der Waals surface area contributed by atoms with Gasteiger partial charge in [-0.15, -0.1) is 0 Å². The van der Waals surface area contributed by atoms with E-state index < -0.39 is 0 Å². The first-order chi connectivity index (χ1) is 9.69. The van der Waals surface area contributed by atoms with E-state index in [1.165, 1.54) is 36.0 Å². The van der Waals surface area contributed by atoms with Crippen molar-refractivity contribution in [2.75, 3.05) is 11.1 Å². The molecule has 6 heteroatoms. The van der Waals surface area contributed by atoms with Gasteiger partial charge in [0.25, 0.3) is 0 Å². The number of nitriles is 1. The zero-order chi connectivity index (χ0) is 14.4. The third-order valence-corrected chi connectivity index (χ3v) is 3.36. The third kappa shape index (κ3) is 3.80. The first-order valence-corrected chi connectivity index (χ1v) is 6.71. The number of amides is 1. The Morgan fingerprint density at radius 2 is 2.10 bits per heavy atom. The predicted molar refractivity (Wildman–Crippen MR) is 74.7 cm³/mol. The lowest BCUT2D eigenvalue weighted by atomic mass is 10.3. The molecule has 0 fully saturated rings. The highest BCUT2D eigenvalue weighted by Crippen LogP contribution is 2.19. The van der Waals surface area contributed by atoms with E-state index in [9.17, 15) is 9.18 Å². The monoisotopic (exact) mass is 287 g/mol. The van der Waals surface area contributed by atoms with Crippen LogP contribution in [-0.4, -0.2) is 16.6 Å². The molecule has 0 atom stereocenters. The molecule has 0 aliphatic heterocycles. The highest BCUT2D eigenvalue weighted by atomic mass is 32.2. The molecule has 0 unspecified atom stereocenters. The molecule has 1 aromatic carbocycles. The second-order valence-corrected chi connectivity index (χ2v) is 4.78. The topological polar surface area (TPSA) is 65.8 Å². The minimum absolute atomic E-state index is 0.128. The number of carbonyl (C=O) groups is 1. The summed E-state index contributed by atoms with van der Waals surface area (Å²) in [5.41, 5.74) is 0.964. The number of hydrogen-bond donors (Lipinski definition) is 1. The molecule has 1 aromatic heterocycles. The van der Waals surface area contributed by atoms with Crippen LogP contribution in [0.4, 0.5) is 10.1 Å². The van der Waals surface area contributed by atoms with Gasteiger partial charge in [0.1, 0.15) is 16.9 Å². The quantitative estimate of drug-likeness (QED) is 0.878. The van der Waals surface area contributed by atoms with Gasteiger partial charge in [-0.2, -0.15) is 5.26 Å². The summed E-state index contributed by atoms with van der Waals surface area (Å²) >= 11 is 1.18. The van der Waals surface area contributed by atoms with Crippen LogP contribution in [0.3, 0.4) is 0 Å². The highest BCUT2D eigenvalue weighted by molar-refractivity contribution is 8.00. The summed E-state index contributed by atoms with van der Waals surface area (Å²) in [6.45, 7) is 0. The van der Waals surface area contributed by atoms with Crippen LogP contribution in [0.2, 0.25) is 0 Å². The van der Waals surface area contributed by atoms with Crippen molar-refractivity contribution in [2.24, 2.45) is 0 Å². The number of aromatic nitrogens is 1. The van der Waals surface area contributed by atoms with Crippen molar-refractivity contribution < 1.29 is 9.18 Å². The number of rotatable bonds is 4. The average Bonchev–Trinajstić information content (AvgIpc) is 2.48. The van der Waals surface area contributed by atoms with E-state index in [1.54, 1.807) is 18.3 Å². The fourth-order valence-corrected chi connectivity index (χ4v) is 2.20. The minimum atomic E-state index is -0.357. The number of anilines is 1. The Morgan fingerprint density at radius 3 is 2.80 bits per heavy atom. The number of hydrogen-bond acceptors (Lipinski definition) is 4. The lowest BCUT2D eigenvalue weighted by molar-refractivity contribution is -0.113. The molecule has 100 valence electrons. The fourth-order valence-electron chi connectivity index (χ4n) is 1.46. The van der Waals surface area contributed by atoms with Crippen molar-refractivity contribution >= 4 is 23.4 Å². The number of pyridine rings is 1. The molecule has 0 radical (unpaired) electrons. The van der Waals surface area contributed by atoms with Gasteiger partial charge >= 0.3 is 0 Å². The Bertz CT molecular complexity index is 652. The van der Waals surface area contributed by atoms with Gasteiger partial charge in [-0.3, -0.25) is 4.79 Å². The van der Waals surface area contributed by atoms with Crippen LogP contribution in [0.25, 0.3) is 0 Å². The van der Waals surface area contributed by atoms with E-state index in [4.69, 9.17) is 5.26 Å². The summed E-state index contributed by atoms with van der Waals surface area (Å²) in [7, 11) is 0. The maximum Gasteiger partial charge on any atom is 0.234 e. The molecule has 0 spiro atoms. The Hall–Kier alpha value is -2.39. The first-order valence-electron chi connectivity index (χ1n) is 5.72. The summed E-state index contributed by atoms with van der Waals surface area (Å²) in [4.78, 5) is 15.8. The summed E-state index contributed by atoms with van der Waals surface area (Å²) in [5.74, 6) is -0.469. The number of nitrogens with one attached hydrogen (secondary N) is 1. The van der Waals surface area contributed by atoms with Crippen molar-refractivity contribution in [3.8, 4) is 6.07 Å². The highest BCUT2D eigenvalue weighted by Gasteiger charge is 2.07. The van der Waals surface area contributed by atoms with E-state index in [1.807, 2.05) is 6.07 Å². The Morgan fingerprint density at radius 1 is 1.35 bits per heavy atom. The molecule has 0 saturated carbocycles. The van der Waals surface area contributed by atoms with Gasteiger partial charge in [0.15, 0.2) is 0 Å². The first kappa shape index (κ1) is 14.0. The second-order valence-electron chi connectivity index (χ2n) is 3.81. The van der Waals surface area contributed by atoms with Crippen LogP contribution < -0.4 is 5.32 Å². The molecule has 4 nitrogen and oxygen atoms in total. The van der Waals surface area contributed by atoms with Gasteiger partial charge in [-0.25, -0.2) is 9.37 Å². The van der Waals surface area contributed by atoms with Crippen LogP contribution in [-0.2, 0) is 4.79 Å². The normalized spacial score (nSPS) is 9.80. The maximum absolute atomic E-state index is 12.7. The molecule has 2 rings (SSSR count). The lowest BCUT2D eigenvalue weighted by Gasteiger charge is -2.05. The van der Waals surface area contributed by atoms with Gasteiger partial charge in [0.05, 0.1) is 11.3 Å². The van der Waals surface area contributed by atoms with E-state index >= 15 is 0 Å². The van der Waals surface area contributed by atoms with Crippen molar-refractivity contribution in [3.63, 3.8) is 0 Å². The van der Waals surface area contributed by atoms with Crippen LogP contribution in [0, 0.1) is 17.1 Å². The van der Waals surface area contributed by atoms with Gasteiger partial charge in [-0.05, 0) is 36.4 Å². The van der Waals surface area contributed by atoms with Gasteiger partial charge in [0.2, 0.25) is 5.91 Å². The van der Waals surface area contributed by atoms with Crippen molar-refractivity contribution in [2.45, 2.75) is 5.03 Å². The molecule has 1 amide bonds. The summed E-state index contributed by atoms with van der Waals surface area (Å²) in [5, 5.41) is 12.1. The molecule has 1 N–H and O–H groups in total. The Kier molecular flexibility index (Phi) is 4.69. The molecule has 0 aliphatic rings. The largest absolute Gasteiger partial charge is 0.325 e.